The predicted octanol–water partition coefficient (Wildman–Crippen LogP) is 1.37. The maximum atomic E-state index is 12.3. The third-order valence-corrected chi connectivity index (χ3v) is 5.30. The van der Waals surface area contributed by atoms with Crippen molar-refractivity contribution in [1.29, 1.82) is 0 Å². The van der Waals surface area contributed by atoms with Crippen molar-refractivity contribution in [3.8, 4) is 5.75 Å². The molecule has 122 valence electrons. The van der Waals surface area contributed by atoms with Crippen molar-refractivity contribution in [2.24, 2.45) is 0 Å². The highest BCUT2D eigenvalue weighted by Crippen LogP contribution is 2.16. The van der Waals surface area contributed by atoms with Crippen LogP contribution in [-0.4, -0.2) is 45.5 Å². The fourth-order valence-corrected chi connectivity index (χ4v) is 3.69. The molecule has 1 aliphatic heterocycles. The molecule has 0 unspecified atom stereocenters. The molecule has 1 aliphatic rings. The van der Waals surface area contributed by atoms with Crippen LogP contribution >= 0.6 is 0 Å². The zero-order chi connectivity index (χ0) is 16.2. The molecule has 1 fully saturated rings. The van der Waals surface area contributed by atoms with Gasteiger partial charge in [0.15, 0.2) is 0 Å². The highest BCUT2D eigenvalue weighted by Gasteiger charge is 2.26. The third kappa shape index (κ3) is 3.98. The van der Waals surface area contributed by atoms with E-state index in [1.54, 1.807) is 24.0 Å². The van der Waals surface area contributed by atoms with Crippen molar-refractivity contribution in [2.75, 3.05) is 20.2 Å². The summed E-state index contributed by atoms with van der Waals surface area (Å²) >= 11 is 0. The van der Waals surface area contributed by atoms with E-state index in [0.29, 0.717) is 18.8 Å². The molecule has 1 aromatic carbocycles. The minimum atomic E-state index is -3.72. The molecular formula is C15H22N2O4S. The van der Waals surface area contributed by atoms with Crippen LogP contribution in [0.25, 0.3) is 0 Å². The van der Waals surface area contributed by atoms with E-state index in [1.165, 1.54) is 19.2 Å². The zero-order valence-corrected chi connectivity index (χ0v) is 13.7. The molecule has 0 radical (unpaired) electrons. The second kappa shape index (κ2) is 7.11. The van der Waals surface area contributed by atoms with Gasteiger partial charge in [-0.15, -0.1) is 0 Å². The summed E-state index contributed by atoms with van der Waals surface area (Å²) in [5, 5.41) is 0. The Balaban J connectivity index is 2.04. The van der Waals surface area contributed by atoms with E-state index in [1.807, 2.05) is 0 Å². The number of rotatable bonds is 5. The van der Waals surface area contributed by atoms with Crippen LogP contribution in [0, 0.1) is 0 Å². The Morgan fingerprint density at radius 3 is 2.32 bits per heavy atom. The lowest BCUT2D eigenvalue weighted by atomic mass is 10.1. The molecule has 1 heterocycles. The second-order valence-electron chi connectivity index (χ2n) is 5.40. The van der Waals surface area contributed by atoms with Crippen LogP contribution in [0.15, 0.2) is 29.2 Å². The van der Waals surface area contributed by atoms with E-state index < -0.39 is 16.1 Å². The Bertz CT molecular complexity index is 607. The number of likely N-dealkylation sites (tertiary alicyclic amines) is 1. The van der Waals surface area contributed by atoms with Crippen LogP contribution in [0.3, 0.4) is 0 Å². The Kier molecular flexibility index (Phi) is 5.42. The van der Waals surface area contributed by atoms with Gasteiger partial charge in [0.05, 0.1) is 18.0 Å². The number of amides is 1. The number of carbonyl (C=O) groups excluding carboxylic acids is 1. The minimum Gasteiger partial charge on any atom is -0.497 e. The number of methoxy groups -OCH3 is 1. The first kappa shape index (κ1) is 16.8. The standard InChI is InChI=1S/C15H22N2O4S/c1-12(15(18)17-10-4-3-5-11-17)16-22(19,20)14-8-6-13(21-2)7-9-14/h6-9,12,16H,3-5,10-11H2,1-2H3/t12-/m0/s1. The Labute approximate surface area is 131 Å². The lowest BCUT2D eigenvalue weighted by molar-refractivity contribution is -0.133. The fraction of sp³-hybridized carbons (Fsp3) is 0.533. The summed E-state index contributed by atoms with van der Waals surface area (Å²) < 4.78 is 32.1. The van der Waals surface area contributed by atoms with E-state index >= 15 is 0 Å². The lowest BCUT2D eigenvalue weighted by Gasteiger charge is -2.29. The van der Waals surface area contributed by atoms with Gasteiger partial charge in [0.2, 0.25) is 15.9 Å². The number of hydrogen-bond donors (Lipinski definition) is 1. The van der Waals surface area contributed by atoms with Crippen molar-refractivity contribution < 1.29 is 17.9 Å². The van der Waals surface area contributed by atoms with Crippen molar-refractivity contribution in [1.82, 2.24) is 9.62 Å². The van der Waals surface area contributed by atoms with Crippen molar-refractivity contribution in [3.05, 3.63) is 24.3 Å². The smallest absolute Gasteiger partial charge is 0.241 e. The average Bonchev–Trinajstić information content (AvgIpc) is 2.54. The number of benzene rings is 1. The molecule has 1 atom stereocenters. The van der Waals surface area contributed by atoms with Gasteiger partial charge in [0, 0.05) is 13.1 Å². The molecule has 7 heteroatoms. The number of hydrogen-bond acceptors (Lipinski definition) is 4. The van der Waals surface area contributed by atoms with E-state index in [9.17, 15) is 13.2 Å². The molecule has 1 amide bonds. The van der Waals surface area contributed by atoms with Crippen molar-refractivity contribution in [2.45, 2.75) is 37.1 Å². The fourth-order valence-electron chi connectivity index (χ4n) is 2.49. The quantitative estimate of drug-likeness (QED) is 0.887. The van der Waals surface area contributed by atoms with Gasteiger partial charge in [-0.05, 0) is 50.5 Å². The van der Waals surface area contributed by atoms with Crippen LogP contribution < -0.4 is 9.46 Å². The molecular weight excluding hydrogens is 304 g/mol. The predicted molar refractivity (Wildman–Crippen MR) is 83.2 cm³/mol. The zero-order valence-electron chi connectivity index (χ0n) is 12.9. The van der Waals surface area contributed by atoms with Gasteiger partial charge in [-0.2, -0.15) is 4.72 Å². The van der Waals surface area contributed by atoms with Gasteiger partial charge in [-0.1, -0.05) is 0 Å². The van der Waals surface area contributed by atoms with Gasteiger partial charge in [0.25, 0.3) is 0 Å². The number of nitrogens with zero attached hydrogens (tertiary/aromatic N) is 1. The molecule has 6 nitrogen and oxygen atoms in total. The molecule has 2 rings (SSSR count). The molecule has 0 aromatic heterocycles. The van der Waals surface area contributed by atoms with Crippen molar-refractivity contribution in [3.63, 3.8) is 0 Å². The van der Waals surface area contributed by atoms with Gasteiger partial charge in [-0.3, -0.25) is 4.79 Å². The average molecular weight is 326 g/mol. The summed E-state index contributed by atoms with van der Waals surface area (Å²) in [5.74, 6) is 0.410. The molecule has 1 N–H and O–H groups in total. The summed E-state index contributed by atoms with van der Waals surface area (Å²) in [7, 11) is -2.21. The van der Waals surface area contributed by atoms with E-state index in [0.717, 1.165) is 19.3 Å². The number of nitrogens with one attached hydrogen (secondary N) is 1. The number of piperidine rings is 1. The summed E-state index contributed by atoms with van der Waals surface area (Å²) in [5.41, 5.74) is 0. The largest absolute Gasteiger partial charge is 0.497 e. The van der Waals surface area contributed by atoms with Gasteiger partial charge in [-0.25, -0.2) is 8.42 Å². The van der Waals surface area contributed by atoms with E-state index in [-0.39, 0.29) is 10.8 Å². The molecule has 0 bridgehead atoms. The SMILES string of the molecule is COc1ccc(S(=O)(=O)N[C@@H](C)C(=O)N2CCCCC2)cc1. The molecule has 1 aromatic rings. The Morgan fingerprint density at radius 1 is 1.18 bits per heavy atom. The molecule has 0 spiro atoms. The van der Waals surface area contributed by atoms with E-state index in [2.05, 4.69) is 4.72 Å². The number of ether oxygens (including phenoxy) is 1. The number of sulfonamides is 1. The first-order chi connectivity index (χ1) is 10.4. The van der Waals surface area contributed by atoms with E-state index in [4.69, 9.17) is 4.74 Å². The molecule has 22 heavy (non-hydrogen) atoms. The van der Waals surface area contributed by atoms with Crippen LogP contribution in [0.2, 0.25) is 0 Å². The number of carbonyl (C=O) groups is 1. The highest BCUT2D eigenvalue weighted by atomic mass is 32.2. The van der Waals surface area contributed by atoms with Gasteiger partial charge < -0.3 is 9.64 Å². The normalized spacial score (nSPS) is 17.1. The summed E-state index contributed by atoms with van der Waals surface area (Å²) in [6.45, 7) is 2.99. The maximum Gasteiger partial charge on any atom is 0.241 e. The van der Waals surface area contributed by atoms with Crippen molar-refractivity contribution >= 4 is 15.9 Å². The monoisotopic (exact) mass is 326 g/mol. The molecule has 0 aliphatic carbocycles. The maximum absolute atomic E-state index is 12.3. The second-order valence-corrected chi connectivity index (χ2v) is 7.12. The van der Waals surface area contributed by atoms with Crippen LogP contribution in [-0.2, 0) is 14.8 Å². The summed E-state index contributed by atoms with van der Waals surface area (Å²) in [4.78, 5) is 14.1. The first-order valence-corrected chi connectivity index (χ1v) is 8.87. The minimum absolute atomic E-state index is 0.117. The highest BCUT2D eigenvalue weighted by molar-refractivity contribution is 7.89. The third-order valence-electron chi connectivity index (χ3n) is 3.74. The lowest BCUT2D eigenvalue weighted by Crippen LogP contribution is -2.48. The molecule has 0 saturated carbocycles. The van der Waals surface area contributed by atoms with Crippen LogP contribution in [0.1, 0.15) is 26.2 Å². The Hall–Kier alpha value is -1.60. The van der Waals surface area contributed by atoms with Crippen LogP contribution in [0.4, 0.5) is 0 Å². The Morgan fingerprint density at radius 2 is 1.77 bits per heavy atom. The summed E-state index contributed by atoms with van der Waals surface area (Å²) in [6, 6.07) is 5.29. The van der Waals surface area contributed by atoms with Crippen LogP contribution in [0.5, 0.6) is 5.75 Å². The molecule has 1 saturated heterocycles. The van der Waals surface area contributed by atoms with Gasteiger partial charge in [0.1, 0.15) is 5.75 Å². The summed E-state index contributed by atoms with van der Waals surface area (Å²) in [6.07, 6.45) is 3.07. The van der Waals surface area contributed by atoms with Gasteiger partial charge >= 0.3 is 0 Å². The first-order valence-electron chi connectivity index (χ1n) is 7.39. The topological polar surface area (TPSA) is 75.7 Å².